The van der Waals surface area contributed by atoms with Crippen LogP contribution in [0.4, 0.5) is 20.2 Å². The third kappa shape index (κ3) is 3.22. The van der Waals surface area contributed by atoms with Gasteiger partial charge in [-0.25, -0.2) is 17.2 Å². The maximum Gasteiger partial charge on any atom is 0.262 e. The first kappa shape index (κ1) is 15.0. The summed E-state index contributed by atoms with van der Waals surface area (Å²) in [6.07, 6.45) is 0. The van der Waals surface area contributed by atoms with Crippen LogP contribution in [0.1, 0.15) is 0 Å². The molecule has 0 amide bonds. The summed E-state index contributed by atoms with van der Waals surface area (Å²) in [6.45, 7) is 0. The number of methoxy groups -OCH3 is 1. The van der Waals surface area contributed by atoms with E-state index in [1.165, 1.54) is 25.3 Å². The topological polar surface area (TPSA) is 81.4 Å². The van der Waals surface area contributed by atoms with Crippen molar-refractivity contribution in [1.82, 2.24) is 0 Å². The van der Waals surface area contributed by atoms with Crippen molar-refractivity contribution in [3.05, 3.63) is 48.0 Å². The Morgan fingerprint density at radius 2 is 1.81 bits per heavy atom. The van der Waals surface area contributed by atoms with Crippen LogP contribution in [0.5, 0.6) is 5.75 Å². The largest absolute Gasteiger partial charge is 0.495 e. The van der Waals surface area contributed by atoms with E-state index < -0.39 is 26.6 Å². The molecule has 0 spiro atoms. The quantitative estimate of drug-likeness (QED) is 0.849. The first-order valence-corrected chi connectivity index (χ1v) is 7.23. The minimum atomic E-state index is -4.09. The van der Waals surface area contributed by atoms with E-state index in [1.54, 1.807) is 0 Å². The van der Waals surface area contributed by atoms with Gasteiger partial charge in [0.2, 0.25) is 0 Å². The van der Waals surface area contributed by atoms with Crippen LogP contribution in [0.15, 0.2) is 41.3 Å². The molecule has 0 aliphatic carbocycles. The molecule has 0 radical (unpaired) electrons. The van der Waals surface area contributed by atoms with Crippen LogP contribution in [-0.4, -0.2) is 15.5 Å². The molecule has 2 aromatic carbocycles. The molecule has 0 bridgehead atoms. The van der Waals surface area contributed by atoms with Gasteiger partial charge in [-0.05, 0) is 36.4 Å². The number of hydrogen-bond donors (Lipinski definition) is 2. The Balaban J connectivity index is 2.41. The van der Waals surface area contributed by atoms with Gasteiger partial charge in [0, 0.05) is 5.69 Å². The van der Waals surface area contributed by atoms with Gasteiger partial charge in [-0.2, -0.15) is 0 Å². The summed E-state index contributed by atoms with van der Waals surface area (Å²) in [6, 6.07) is 6.67. The van der Waals surface area contributed by atoms with Crippen LogP contribution in [-0.2, 0) is 10.0 Å². The molecule has 0 unspecified atom stereocenters. The molecule has 112 valence electrons. The van der Waals surface area contributed by atoms with Crippen molar-refractivity contribution in [3.8, 4) is 5.75 Å². The molecule has 0 saturated carbocycles. The van der Waals surface area contributed by atoms with Crippen molar-refractivity contribution in [3.63, 3.8) is 0 Å². The Kier molecular flexibility index (Phi) is 3.99. The molecule has 0 fully saturated rings. The number of hydrogen-bond acceptors (Lipinski definition) is 4. The number of ether oxygens (including phenoxy) is 1. The molecule has 0 saturated heterocycles. The average Bonchev–Trinajstić information content (AvgIpc) is 2.41. The Labute approximate surface area is 120 Å². The molecule has 21 heavy (non-hydrogen) atoms. The summed E-state index contributed by atoms with van der Waals surface area (Å²) in [7, 11) is -2.73. The maximum absolute atomic E-state index is 13.1. The lowest BCUT2D eigenvalue weighted by atomic mass is 10.2. The Morgan fingerprint density at radius 1 is 1.10 bits per heavy atom. The highest BCUT2D eigenvalue weighted by Gasteiger charge is 2.18. The van der Waals surface area contributed by atoms with Crippen molar-refractivity contribution in [2.24, 2.45) is 0 Å². The van der Waals surface area contributed by atoms with Crippen molar-refractivity contribution < 1.29 is 21.9 Å². The molecule has 0 aliphatic rings. The lowest BCUT2D eigenvalue weighted by Crippen LogP contribution is -2.14. The van der Waals surface area contributed by atoms with Crippen molar-refractivity contribution in [1.29, 1.82) is 0 Å². The summed E-state index contributed by atoms with van der Waals surface area (Å²) in [5.41, 5.74) is 6.00. The Bertz CT molecular complexity index is 779. The number of sulfonamides is 1. The fourth-order valence-electron chi connectivity index (χ4n) is 1.65. The van der Waals surface area contributed by atoms with E-state index in [9.17, 15) is 17.2 Å². The summed E-state index contributed by atoms with van der Waals surface area (Å²) in [5.74, 6) is -2.14. The normalized spacial score (nSPS) is 11.2. The SMILES string of the molecule is COc1ccc(N)cc1NS(=O)(=O)c1ccc(F)c(F)c1. The fourth-order valence-corrected chi connectivity index (χ4v) is 2.73. The lowest BCUT2D eigenvalue weighted by Gasteiger charge is -2.12. The van der Waals surface area contributed by atoms with Crippen molar-refractivity contribution >= 4 is 21.4 Å². The Hall–Kier alpha value is -2.35. The molecule has 8 heteroatoms. The molecule has 0 aliphatic heterocycles. The van der Waals surface area contributed by atoms with Crippen molar-refractivity contribution in [2.75, 3.05) is 17.6 Å². The van der Waals surface area contributed by atoms with E-state index in [1.807, 2.05) is 0 Å². The number of rotatable bonds is 4. The van der Waals surface area contributed by atoms with Gasteiger partial charge in [-0.3, -0.25) is 4.72 Å². The average molecular weight is 314 g/mol. The van der Waals surface area contributed by atoms with E-state index in [4.69, 9.17) is 10.5 Å². The second-order valence-corrected chi connectivity index (χ2v) is 5.82. The highest BCUT2D eigenvalue weighted by atomic mass is 32.2. The molecule has 5 nitrogen and oxygen atoms in total. The van der Waals surface area contributed by atoms with Crippen molar-refractivity contribution in [2.45, 2.75) is 4.90 Å². The molecular formula is C13H12F2N2O3S. The van der Waals surface area contributed by atoms with E-state index in [-0.39, 0.29) is 11.4 Å². The van der Waals surface area contributed by atoms with E-state index in [0.717, 1.165) is 12.1 Å². The van der Waals surface area contributed by atoms with Gasteiger partial charge < -0.3 is 10.5 Å². The number of anilines is 2. The minimum absolute atomic E-state index is 0.0993. The summed E-state index contributed by atoms with van der Waals surface area (Å²) >= 11 is 0. The first-order chi connectivity index (χ1) is 9.83. The molecule has 0 atom stereocenters. The van der Waals surface area contributed by atoms with Crippen LogP contribution < -0.4 is 15.2 Å². The summed E-state index contributed by atoms with van der Waals surface area (Å²) < 4.78 is 57.5. The zero-order valence-corrected chi connectivity index (χ0v) is 11.7. The predicted molar refractivity (Wildman–Crippen MR) is 74.6 cm³/mol. The molecule has 2 rings (SSSR count). The van der Waals surface area contributed by atoms with Gasteiger partial charge >= 0.3 is 0 Å². The smallest absolute Gasteiger partial charge is 0.262 e. The number of nitrogen functional groups attached to an aromatic ring is 1. The van der Waals surface area contributed by atoms with Gasteiger partial charge in [0.25, 0.3) is 10.0 Å². The lowest BCUT2D eigenvalue weighted by molar-refractivity contribution is 0.417. The molecule has 2 aromatic rings. The van der Waals surface area contributed by atoms with Gasteiger partial charge in [-0.1, -0.05) is 0 Å². The third-order valence-corrected chi connectivity index (χ3v) is 4.03. The minimum Gasteiger partial charge on any atom is -0.495 e. The number of halogens is 2. The molecule has 0 aromatic heterocycles. The number of nitrogens with two attached hydrogens (primary N) is 1. The third-order valence-electron chi connectivity index (χ3n) is 2.67. The predicted octanol–water partition coefficient (Wildman–Crippen LogP) is 2.36. The fraction of sp³-hybridized carbons (Fsp3) is 0.0769. The van der Waals surface area contributed by atoms with Gasteiger partial charge in [0.1, 0.15) is 5.75 Å². The van der Waals surface area contributed by atoms with Crippen LogP contribution in [0.2, 0.25) is 0 Å². The summed E-state index contributed by atoms with van der Waals surface area (Å²) in [5, 5.41) is 0. The standard InChI is InChI=1S/C13H12F2N2O3S/c1-20-13-5-2-8(16)6-12(13)17-21(18,19)9-3-4-10(14)11(15)7-9/h2-7,17H,16H2,1H3. The van der Waals surface area contributed by atoms with Crippen LogP contribution in [0.25, 0.3) is 0 Å². The zero-order valence-electron chi connectivity index (χ0n) is 10.9. The van der Waals surface area contributed by atoms with E-state index in [2.05, 4.69) is 4.72 Å². The second kappa shape index (κ2) is 5.57. The monoisotopic (exact) mass is 314 g/mol. The van der Waals surface area contributed by atoms with Crippen LogP contribution in [0.3, 0.4) is 0 Å². The van der Waals surface area contributed by atoms with Crippen LogP contribution >= 0.6 is 0 Å². The molecule has 3 N–H and O–H groups in total. The van der Waals surface area contributed by atoms with Crippen LogP contribution in [0, 0.1) is 11.6 Å². The van der Waals surface area contributed by atoms with E-state index in [0.29, 0.717) is 11.8 Å². The van der Waals surface area contributed by atoms with E-state index >= 15 is 0 Å². The summed E-state index contributed by atoms with van der Waals surface area (Å²) in [4.78, 5) is -0.411. The first-order valence-electron chi connectivity index (χ1n) is 5.75. The second-order valence-electron chi connectivity index (χ2n) is 4.14. The highest BCUT2D eigenvalue weighted by Crippen LogP contribution is 2.29. The zero-order chi connectivity index (χ0) is 15.6. The molecule has 0 heterocycles. The number of benzene rings is 2. The highest BCUT2D eigenvalue weighted by molar-refractivity contribution is 7.92. The van der Waals surface area contributed by atoms with Gasteiger partial charge in [0.15, 0.2) is 11.6 Å². The molecular weight excluding hydrogens is 302 g/mol. The maximum atomic E-state index is 13.1. The van der Waals surface area contributed by atoms with Gasteiger partial charge in [0.05, 0.1) is 17.7 Å². The number of nitrogens with one attached hydrogen (secondary N) is 1. The van der Waals surface area contributed by atoms with Gasteiger partial charge in [-0.15, -0.1) is 0 Å². The Morgan fingerprint density at radius 3 is 2.43 bits per heavy atom.